The number of pyridine rings is 1. The van der Waals surface area contributed by atoms with Crippen molar-refractivity contribution in [1.29, 1.82) is 0 Å². The van der Waals surface area contributed by atoms with Crippen LogP contribution in [0.4, 0.5) is 5.82 Å². The van der Waals surface area contributed by atoms with Crippen LogP contribution < -0.4 is 4.90 Å². The normalized spacial score (nSPS) is 21.5. The molecule has 0 spiro atoms. The van der Waals surface area contributed by atoms with Crippen molar-refractivity contribution in [2.24, 2.45) is 0 Å². The average molecular weight is 444 g/mol. The van der Waals surface area contributed by atoms with Gasteiger partial charge in [0.15, 0.2) is 0 Å². The predicted octanol–water partition coefficient (Wildman–Crippen LogP) is 2.97. The minimum Gasteiger partial charge on any atom is -0.347 e. The molecule has 7 nitrogen and oxygen atoms in total. The lowest BCUT2D eigenvalue weighted by Crippen LogP contribution is -2.47. The molecule has 0 amide bonds. The van der Waals surface area contributed by atoms with Gasteiger partial charge >= 0.3 is 0 Å². The van der Waals surface area contributed by atoms with E-state index < -0.39 is 10.0 Å². The second-order valence-electron chi connectivity index (χ2n) is 7.93. The van der Waals surface area contributed by atoms with Gasteiger partial charge in [0.1, 0.15) is 15.7 Å². The van der Waals surface area contributed by atoms with Crippen LogP contribution in [0.5, 0.6) is 0 Å². The van der Waals surface area contributed by atoms with E-state index in [-0.39, 0.29) is 10.9 Å². The van der Waals surface area contributed by atoms with E-state index in [1.54, 1.807) is 21.7 Å². The molecular formula is C21H25N5O2S2. The molecule has 0 unspecified atom stereocenters. The molecule has 158 valence electrons. The lowest BCUT2D eigenvalue weighted by atomic mass is 10.2. The van der Waals surface area contributed by atoms with Gasteiger partial charge in [-0.2, -0.15) is 4.31 Å². The third-order valence-corrected chi connectivity index (χ3v) is 8.98. The first-order valence-electron chi connectivity index (χ1n) is 10.3. The highest BCUT2D eigenvalue weighted by Gasteiger charge is 2.31. The molecule has 2 aliphatic rings. The monoisotopic (exact) mass is 443 g/mol. The van der Waals surface area contributed by atoms with Crippen LogP contribution in [0.25, 0.3) is 10.2 Å². The molecule has 2 fully saturated rings. The van der Waals surface area contributed by atoms with Crippen LogP contribution in [0.1, 0.15) is 23.9 Å². The molecule has 0 saturated carbocycles. The molecule has 30 heavy (non-hydrogen) atoms. The number of anilines is 1. The number of para-hydroxylation sites is 1. The zero-order valence-corrected chi connectivity index (χ0v) is 18.6. The standard InChI is InChI=1S/C21H25N5O2S2/c1-24-11-13-25(14-12-24)30(27,28)16-8-9-20(22-15-16)26-10-4-6-18(26)21-23-17-5-2-3-7-19(17)29-21/h2-3,5,7-9,15,18H,4,6,10-14H2,1H3/t18-/m1/s1. The van der Waals surface area contributed by atoms with Crippen LogP contribution in [-0.4, -0.2) is 67.4 Å². The molecular weight excluding hydrogens is 418 g/mol. The highest BCUT2D eigenvalue weighted by atomic mass is 32.2. The number of rotatable bonds is 4. The van der Waals surface area contributed by atoms with Crippen molar-refractivity contribution in [2.75, 3.05) is 44.7 Å². The van der Waals surface area contributed by atoms with E-state index in [1.165, 1.54) is 10.9 Å². The third-order valence-electron chi connectivity index (χ3n) is 5.96. The summed E-state index contributed by atoms with van der Waals surface area (Å²) in [6.45, 7) is 3.45. The summed E-state index contributed by atoms with van der Waals surface area (Å²) in [5, 5.41) is 1.10. The molecule has 0 aliphatic carbocycles. The second-order valence-corrected chi connectivity index (χ2v) is 10.9. The highest BCUT2D eigenvalue weighted by Crippen LogP contribution is 2.38. The Morgan fingerprint density at radius 2 is 1.83 bits per heavy atom. The Bertz CT molecular complexity index is 1100. The number of thiazole rings is 1. The Hall–Kier alpha value is -2.07. The fraction of sp³-hybridized carbons (Fsp3) is 0.429. The number of fused-ring (bicyclic) bond motifs is 1. The highest BCUT2D eigenvalue weighted by molar-refractivity contribution is 7.89. The molecule has 2 saturated heterocycles. The molecule has 0 N–H and O–H groups in total. The fourth-order valence-corrected chi connectivity index (χ4v) is 6.69. The molecule has 9 heteroatoms. The molecule has 5 rings (SSSR count). The van der Waals surface area contributed by atoms with Crippen molar-refractivity contribution in [3.63, 3.8) is 0 Å². The van der Waals surface area contributed by atoms with E-state index in [9.17, 15) is 8.42 Å². The molecule has 2 aliphatic heterocycles. The topological polar surface area (TPSA) is 69.6 Å². The van der Waals surface area contributed by atoms with E-state index in [0.29, 0.717) is 13.1 Å². The van der Waals surface area contributed by atoms with Crippen LogP contribution in [0.3, 0.4) is 0 Å². The Morgan fingerprint density at radius 1 is 1.03 bits per heavy atom. The van der Waals surface area contributed by atoms with E-state index in [2.05, 4.69) is 20.9 Å². The number of likely N-dealkylation sites (N-methyl/N-ethyl adjacent to an activating group) is 1. The zero-order valence-electron chi connectivity index (χ0n) is 16.9. The zero-order chi connectivity index (χ0) is 20.7. The maximum Gasteiger partial charge on any atom is 0.244 e. The molecule has 4 heterocycles. The summed E-state index contributed by atoms with van der Waals surface area (Å²) in [5.74, 6) is 0.814. The smallest absolute Gasteiger partial charge is 0.244 e. The van der Waals surface area contributed by atoms with Crippen molar-refractivity contribution < 1.29 is 8.42 Å². The number of hydrogen-bond donors (Lipinski definition) is 0. The van der Waals surface area contributed by atoms with Crippen molar-refractivity contribution in [2.45, 2.75) is 23.8 Å². The first-order valence-corrected chi connectivity index (χ1v) is 12.5. The van der Waals surface area contributed by atoms with Gasteiger partial charge in [0.25, 0.3) is 0 Å². The van der Waals surface area contributed by atoms with Crippen molar-refractivity contribution in [3.05, 3.63) is 47.6 Å². The summed E-state index contributed by atoms with van der Waals surface area (Å²) >= 11 is 1.73. The molecule has 2 aromatic heterocycles. The maximum atomic E-state index is 13.0. The summed E-state index contributed by atoms with van der Waals surface area (Å²) in [5.41, 5.74) is 1.03. The number of sulfonamides is 1. The lowest BCUT2D eigenvalue weighted by Gasteiger charge is -2.31. The number of aromatic nitrogens is 2. The molecule has 0 bridgehead atoms. The van der Waals surface area contributed by atoms with Crippen molar-refractivity contribution >= 4 is 37.4 Å². The molecule has 3 aromatic rings. The van der Waals surface area contributed by atoms with Gasteiger partial charge in [-0.05, 0) is 44.2 Å². The van der Waals surface area contributed by atoms with Gasteiger partial charge in [-0.1, -0.05) is 12.1 Å². The Morgan fingerprint density at radius 3 is 2.57 bits per heavy atom. The van der Waals surface area contributed by atoms with Gasteiger partial charge in [-0.25, -0.2) is 18.4 Å². The van der Waals surface area contributed by atoms with E-state index >= 15 is 0 Å². The maximum absolute atomic E-state index is 13.0. The number of hydrogen-bond acceptors (Lipinski definition) is 7. The van der Waals surface area contributed by atoms with E-state index in [4.69, 9.17) is 4.98 Å². The van der Waals surface area contributed by atoms with Gasteiger partial charge in [-0.3, -0.25) is 0 Å². The van der Waals surface area contributed by atoms with Gasteiger partial charge in [0.05, 0.1) is 16.3 Å². The summed E-state index contributed by atoms with van der Waals surface area (Å²) in [7, 11) is -1.48. The van der Waals surface area contributed by atoms with Crippen LogP contribution in [0.15, 0.2) is 47.5 Å². The summed E-state index contributed by atoms with van der Waals surface area (Å²) in [6, 6.07) is 11.9. The largest absolute Gasteiger partial charge is 0.347 e. The lowest BCUT2D eigenvalue weighted by molar-refractivity contribution is 0.222. The second kappa shape index (κ2) is 7.88. The van der Waals surface area contributed by atoms with Crippen LogP contribution in [0.2, 0.25) is 0 Å². The van der Waals surface area contributed by atoms with Crippen LogP contribution in [-0.2, 0) is 10.0 Å². The summed E-state index contributed by atoms with van der Waals surface area (Å²) in [4.78, 5) is 14.1. The number of nitrogens with zero attached hydrogens (tertiary/aromatic N) is 5. The summed E-state index contributed by atoms with van der Waals surface area (Å²) in [6.07, 6.45) is 3.61. The molecule has 1 atom stereocenters. The Kier molecular flexibility index (Phi) is 5.22. The third kappa shape index (κ3) is 3.60. The number of benzene rings is 1. The quantitative estimate of drug-likeness (QED) is 0.618. The number of piperazine rings is 1. The van der Waals surface area contributed by atoms with Crippen molar-refractivity contribution in [1.82, 2.24) is 19.2 Å². The van der Waals surface area contributed by atoms with E-state index in [1.807, 2.05) is 31.3 Å². The minimum absolute atomic E-state index is 0.190. The van der Waals surface area contributed by atoms with Gasteiger partial charge in [-0.15, -0.1) is 11.3 Å². The first-order chi connectivity index (χ1) is 14.5. The predicted molar refractivity (Wildman–Crippen MR) is 119 cm³/mol. The average Bonchev–Trinajstić information content (AvgIpc) is 3.41. The van der Waals surface area contributed by atoms with Gasteiger partial charge in [0.2, 0.25) is 10.0 Å². The molecule has 0 radical (unpaired) electrons. The minimum atomic E-state index is -3.49. The Labute approximate surface area is 181 Å². The summed E-state index contributed by atoms with van der Waals surface area (Å²) < 4.78 is 28.7. The van der Waals surface area contributed by atoms with Gasteiger partial charge < -0.3 is 9.80 Å². The molecule has 1 aromatic carbocycles. The van der Waals surface area contributed by atoms with Gasteiger partial charge in [0, 0.05) is 38.9 Å². The van der Waals surface area contributed by atoms with E-state index in [0.717, 1.165) is 48.8 Å². The fourth-order valence-electron chi connectivity index (χ4n) is 4.20. The van der Waals surface area contributed by atoms with Crippen LogP contribution in [0, 0.1) is 0 Å². The SMILES string of the molecule is CN1CCN(S(=O)(=O)c2ccc(N3CCC[C@@H]3c3nc4ccccc4s3)nc2)CC1. The van der Waals surface area contributed by atoms with Crippen LogP contribution >= 0.6 is 11.3 Å². The first kappa shape index (κ1) is 19.9. The Balaban J connectivity index is 1.38. The van der Waals surface area contributed by atoms with Crippen molar-refractivity contribution in [3.8, 4) is 0 Å².